The molecule has 8 heteroatoms. The molecule has 8 nitrogen and oxygen atoms in total. The fraction of sp³-hybridized carbons (Fsp3) is 0.227. The number of nitrogens with zero attached hydrogens (tertiary/aromatic N) is 2. The van der Waals surface area contributed by atoms with Crippen LogP contribution in [0.15, 0.2) is 48.5 Å². The number of carbonyl (C=O) groups excluding carboxylic acids is 2. The van der Waals surface area contributed by atoms with E-state index in [9.17, 15) is 9.59 Å². The smallest absolute Gasteiger partial charge is 0.255 e. The number of rotatable bonds is 6. The Morgan fingerprint density at radius 1 is 1.17 bits per heavy atom. The van der Waals surface area contributed by atoms with Gasteiger partial charge in [0.25, 0.3) is 5.91 Å². The van der Waals surface area contributed by atoms with Gasteiger partial charge >= 0.3 is 0 Å². The van der Waals surface area contributed by atoms with Crippen LogP contribution in [0.2, 0.25) is 0 Å². The molecule has 0 radical (unpaired) electrons. The average Bonchev–Trinajstić information content (AvgIpc) is 3.08. The summed E-state index contributed by atoms with van der Waals surface area (Å²) < 4.78 is 12.3. The molecule has 2 aromatic carbocycles. The summed E-state index contributed by atoms with van der Waals surface area (Å²) in [7, 11) is 1.62. The number of carbonyl (C=O) groups is 2. The first-order valence-corrected chi connectivity index (χ1v) is 9.51. The topological polar surface area (TPSA) is 108 Å². The molecule has 154 valence electrons. The van der Waals surface area contributed by atoms with Gasteiger partial charge in [0.2, 0.25) is 5.91 Å². The highest BCUT2D eigenvalue weighted by Gasteiger charge is 2.32. The lowest BCUT2D eigenvalue weighted by molar-refractivity contribution is -0.120. The number of hydrogen-bond acceptors (Lipinski definition) is 5. The zero-order valence-electron chi connectivity index (χ0n) is 16.7. The SMILES string of the molecule is COc1ccc(-n2nc(C)c3c2NC(=O)CC3c2ccc(OCC(N)=O)cc2)cc1. The Labute approximate surface area is 173 Å². The molecule has 0 aliphatic carbocycles. The maximum Gasteiger partial charge on any atom is 0.255 e. The van der Waals surface area contributed by atoms with Crippen LogP contribution in [0.4, 0.5) is 5.82 Å². The predicted molar refractivity (Wildman–Crippen MR) is 111 cm³/mol. The standard InChI is InChI=1S/C22H22N4O4/c1-13-21-18(14-3-7-17(8-4-14)30-12-19(23)27)11-20(28)24-22(21)26(25-13)15-5-9-16(29-2)10-6-15/h3-10,18H,11-12H2,1-2H3,(H2,23,27)(H,24,28). The molecule has 1 aliphatic rings. The van der Waals surface area contributed by atoms with Crippen molar-refractivity contribution in [2.75, 3.05) is 19.0 Å². The maximum absolute atomic E-state index is 12.5. The molecule has 3 N–H and O–H groups in total. The van der Waals surface area contributed by atoms with E-state index in [0.717, 1.165) is 28.3 Å². The first-order valence-electron chi connectivity index (χ1n) is 9.51. The molecule has 0 fully saturated rings. The summed E-state index contributed by atoms with van der Waals surface area (Å²) in [5.74, 6) is 1.23. The number of nitrogens with two attached hydrogens (primary N) is 1. The number of hydrogen-bond donors (Lipinski definition) is 2. The number of aryl methyl sites for hydroxylation is 1. The van der Waals surface area contributed by atoms with Gasteiger partial charge in [-0.3, -0.25) is 9.59 Å². The summed E-state index contributed by atoms with van der Waals surface area (Å²) in [5, 5.41) is 7.65. The summed E-state index contributed by atoms with van der Waals surface area (Å²) in [6, 6.07) is 14.8. The van der Waals surface area contributed by atoms with Crippen molar-refractivity contribution < 1.29 is 19.1 Å². The normalized spacial score (nSPS) is 15.3. The minimum Gasteiger partial charge on any atom is -0.497 e. The summed E-state index contributed by atoms with van der Waals surface area (Å²) in [6.07, 6.45) is 0.323. The lowest BCUT2D eigenvalue weighted by atomic mass is 9.86. The summed E-state index contributed by atoms with van der Waals surface area (Å²) in [6.45, 7) is 1.76. The average molecular weight is 406 g/mol. The number of ether oxygens (including phenoxy) is 2. The molecule has 2 amide bonds. The van der Waals surface area contributed by atoms with E-state index >= 15 is 0 Å². The molecule has 0 bridgehead atoms. The summed E-state index contributed by atoms with van der Waals surface area (Å²) >= 11 is 0. The van der Waals surface area contributed by atoms with Crippen molar-refractivity contribution in [3.8, 4) is 17.2 Å². The number of primary amides is 1. The van der Waals surface area contributed by atoms with Crippen LogP contribution in [0, 0.1) is 6.92 Å². The van der Waals surface area contributed by atoms with E-state index < -0.39 is 5.91 Å². The van der Waals surface area contributed by atoms with E-state index in [1.165, 1.54) is 0 Å². The number of methoxy groups -OCH3 is 1. The second-order valence-corrected chi connectivity index (χ2v) is 7.09. The van der Waals surface area contributed by atoms with E-state index in [4.69, 9.17) is 15.2 Å². The summed E-state index contributed by atoms with van der Waals surface area (Å²) in [4.78, 5) is 23.4. The number of amides is 2. The molecule has 0 saturated heterocycles. The minimum atomic E-state index is -0.533. The second kappa shape index (κ2) is 7.90. The van der Waals surface area contributed by atoms with Crippen LogP contribution in [0.1, 0.15) is 29.2 Å². The number of anilines is 1. The highest BCUT2D eigenvalue weighted by Crippen LogP contribution is 2.40. The monoisotopic (exact) mass is 406 g/mol. The van der Waals surface area contributed by atoms with E-state index in [1.807, 2.05) is 43.3 Å². The van der Waals surface area contributed by atoms with Gasteiger partial charge in [-0.25, -0.2) is 4.68 Å². The van der Waals surface area contributed by atoms with Crippen molar-refractivity contribution in [2.45, 2.75) is 19.3 Å². The minimum absolute atomic E-state index is 0.0729. The van der Waals surface area contributed by atoms with Gasteiger partial charge in [-0.05, 0) is 48.9 Å². The number of aromatic nitrogens is 2. The highest BCUT2D eigenvalue weighted by atomic mass is 16.5. The third-order valence-corrected chi connectivity index (χ3v) is 5.08. The van der Waals surface area contributed by atoms with Gasteiger partial charge in [0.15, 0.2) is 6.61 Å². The quantitative estimate of drug-likeness (QED) is 0.654. The Balaban J connectivity index is 1.69. The molecule has 2 heterocycles. The third-order valence-electron chi connectivity index (χ3n) is 5.08. The van der Waals surface area contributed by atoms with Gasteiger partial charge < -0.3 is 20.5 Å². The third kappa shape index (κ3) is 3.71. The molecule has 0 spiro atoms. The molecule has 30 heavy (non-hydrogen) atoms. The largest absolute Gasteiger partial charge is 0.497 e. The first-order chi connectivity index (χ1) is 14.5. The van der Waals surface area contributed by atoms with Gasteiger partial charge in [0, 0.05) is 17.9 Å². The molecule has 1 aromatic heterocycles. The van der Waals surface area contributed by atoms with Gasteiger partial charge in [-0.2, -0.15) is 5.10 Å². The van der Waals surface area contributed by atoms with Gasteiger partial charge in [0.1, 0.15) is 17.3 Å². The Morgan fingerprint density at radius 2 is 1.83 bits per heavy atom. The number of benzene rings is 2. The van der Waals surface area contributed by atoms with E-state index in [2.05, 4.69) is 10.4 Å². The maximum atomic E-state index is 12.5. The molecule has 1 aliphatic heterocycles. The molecule has 0 saturated carbocycles. The van der Waals surface area contributed by atoms with Crippen molar-refractivity contribution in [3.63, 3.8) is 0 Å². The number of nitrogens with one attached hydrogen (secondary N) is 1. The van der Waals surface area contributed by atoms with Crippen molar-refractivity contribution >= 4 is 17.6 Å². The van der Waals surface area contributed by atoms with Crippen LogP contribution in [-0.2, 0) is 9.59 Å². The first kappa shape index (κ1) is 19.5. The fourth-order valence-corrected chi connectivity index (χ4v) is 3.69. The van der Waals surface area contributed by atoms with Gasteiger partial charge in [0.05, 0.1) is 18.5 Å². The van der Waals surface area contributed by atoms with Crippen LogP contribution in [-0.4, -0.2) is 35.3 Å². The van der Waals surface area contributed by atoms with Crippen molar-refractivity contribution in [1.82, 2.24) is 9.78 Å². The lowest BCUT2D eigenvalue weighted by Crippen LogP contribution is -2.25. The Morgan fingerprint density at radius 3 is 2.47 bits per heavy atom. The Hall–Kier alpha value is -3.81. The second-order valence-electron chi connectivity index (χ2n) is 7.09. The molecular weight excluding hydrogens is 384 g/mol. The lowest BCUT2D eigenvalue weighted by Gasteiger charge is -2.24. The van der Waals surface area contributed by atoms with Crippen molar-refractivity contribution in [1.29, 1.82) is 0 Å². The Kier molecular flexibility index (Phi) is 5.14. The molecule has 1 atom stereocenters. The van der Waals surface area contributed by atoms with Crippen LogP contribution >= 0.6 is 0 Å². The van der Waals surface area contributed by atoms with Crippen LogP contribution in [0.25, 0.3) is 5.69 Å². The highest BCUT2D eigenvalue weighted by molar-refractivity contribution is 5.95. The molecule has 3 aromatic rings. The van der Waals surface area contributed by atoms with Crippen LogP contribution < -0.4 is 20.5 Å². The van der Waals surface area contributed by atoms with Gasteiger partial charge in [-0.1, -0.05) is 12.1 Å². The van der Waals surface area contributed by atoms with Crippen LogP contribution in [0.3, 0.4) is 0 Å². The van der Waals surface area contributed by atoms with E-state index in [0.29, 0.717) is 18.0 Å². The molecule has 4 rings (SSSR count). The zero-order valence-corrected chi connectivity index (χ0v) is 16.7. The summed E-state index contributed by atoms with van der Waals surface area (Å²) in [5.41, 5.74) is 8.74. The van der Waals surface area contributed by atoms with Crippen molar-refractivity contribution in [3.05, 3.63) is 65.4 Å². The van der Waals surface area contributed by atoms with E-state index in [-0.39, 0.29) is 18.4 Å². The van der Waals surface area contributed by atoms with E-state index in [1.54, 1.807) is 23.9 Å². The fourth-order valence-electron chi connectivity index (χ4n) is 3.69. The predicted octanol–water partition coefficient (Wildman–Crippen LogP) is 2.53. The van der Waals surface area contributed by atoms with Gasteiger partial charge in [-0.15, -0.1) is 0 Å². The molecule has 1 unspecified atom stereocenters. The molecular formula is C22H22N4O4. The van der Waals surface area contributed by atoms with Crippen LogP contribution in [0.5, 0.6) is 11.5 Å². The Bertz CT molecular complexity index is 1090. The van der Waals surface area contributed by atoms with Crippen molar-refractivity contribution in [2.24, 2.45) is 5.73 Å². The zero-order chi connectivity index (χ0) is 21.3. The number of fused-ring (bicyclic) bond motifs is 1.